The number of nitrogens with zero attached hydrogens (tertiary/aromatic N) is 1. The van der Waals surface area contributed by atoms with Crippen LogP contribution in [0.4, 0.5) is 0 Å². The Morgan fingerprint density at radius 2 is 2.22 bits per heavy atom. The maximum absolute atomic E-state index is 9.36. The number of rotatable bonds is 4. The van der Waals surface area contributed by atoms with Crippen LogP contribution >= 0.6 is 15.9 Å². The molecule has 1 aliphatic heterocycles. The molecule has 1 aliphatic rings. The predicted octanol–water partition coefficient (Wildman–Crippen LogP) is 2.15. The topological polar surface area (TPSA) is 68.4 Å². The largest absolute Gasteiger partial charge is 0.392 e. The highest BCUT2D eigenvalue weighted by Gasteiger charge is 2.20. The Kier molecular flexibility index (Phi) is 5.12. The van der Waals surface area contributed by atoms with Gasteiger partial charge in [0.15, 0.2) is 0 Å². The van der Waals surface area contributed by atoms with Crippen molar-refractivity contribution in [2.45, 2.75) is 31.9 Å². The van der Waals surface area contributed by atoms with Gasteiger partial charge in [0.1, 0.15) is 0 Å². The highest BCUT2D eigenvalue weighted by molar-refractivity contribution is 9.10. The first-order valence-corrected chi connectivity index (χ1v) is 7.08. The number of aliphatic hydroxyl groups is 1. The number of hydrogen-bond acceptors (Lipinski definition) is 4. The lowest BCUT2D eigenvalue weighted by molar-refractivity contribution is 0.0616. The molecule has 1 aromatic rings. The molecule has 2 heterocycles. The monoisotopic (exact) mass is 314 g/mol. The number of hydrogen-bond donors (Lipinski definition) is 2. The molecule has 3 N–H and O–H groups in total. The van der Waals surface area contributed by atoms with E-state index in [4.69, 9.17) is 10.5 Å². The number of aliphatic hydroxyl groups excluding tert-OH is 1. The lowest BCUT2D eigenvalue weighted by Crippen LogP contribution is -2.23. The average molecular weight is 315 g/mol. The number of aromatic nitrogens is 1. The van der Waals surface area contributed by atoms with Gasteiger partial charge in [-0.05, 0) is 47.2 Å². The average Bonchev–Trinajstić information content (AvgIpc) is 2.39. The molecule has 18 heavy (non-hydrogen) atoms. The van der Waals surface area contributed by atoms with E-state index in [1.807, 2.05) is 6.07 Å². The highest BCUT2D eigenvalue weighted by Crippen LogP contribution is 2.27. The highest BCUT2D eigenvalue weighted by atomic mass is 79.9. The molecule has 0 saturated carbocycles. The number of halogens is 1. The maximum atomic E-state index is 9.36. The fourth-order valence-electron chi connectivity index (χ4n) is 2.41. The second-order valence-electron chi connectivity index (χ2n) is 4.75. The summed E-state index contributed by atoms with van der Waals surface area (Å²) in [7, 11) is 0. The lowest BCUT2D eigenvalue weighted by Gasteiger charge is -2.25. The number of pyridine rings is 1. The fourth-order valence-corrected chi connectivity index (χ4v) is 2.78. The second kappa shape index (κ2) is 6.61. The molecule has 0 radical (unpaired) electrons. The van der Waals surface area contributed by atoms with Gasteiger partial charge in [0, 0.05) is 35.5 Å². The molecular weight excluding hydrogens is 296 g/mol. The Labute approximate surface area is 116 Å². The Morgan fingerprint density at radius 3 is 2.89 bits per heavy atom. The van der Waals surface area contributed by atoms with Crippen LogP contribution in [-0.4, -0.2) is 23.3 Å². The summed E-state index contributed by atoms with van der Waals surface area (Å²) in [5.41, 5.74) is 7.84. The molecule has 4 nitrogen and oxygen atoms in total. The first kappa shape index (κ1) is 13.9. The van der Waals surface area contributed by atoms with Gasteiger partial charge >= 0.3 is 0 Å². The zero-order valence-corrected chi connectivity index (χ0v) is 11.9. The quantitative estimate of drug-likeness (QED) is 0.893. The molecule has 1 unspecified atom stereocenters. The Balaban J connectivity index is 2.05. The summed E-state index contributed by atoms with van der Waals surface area (Å²) in [6.07, 6.45) is 4.78. The predicted molar refractivity (Wildman–Crippen MR) is 72.9 cm³/mol. The van der Waals surface area contributed by atoms with Crippen LogP contribution < -0.4 is 5.73 Å². The Bertz CT molecular complexity index is 395. The van der Waals surface area contributed by atoms with Gasteiger partial charge in [0.25, 0.3) is 0 Å². The first-order chi connectivity index (χ1) is 8.70. The van der Waals surface area contributed by atoms with Crippen molar-refractivity contribution in [1.29, 1.82) is 0 Å². The lowest BCUT2D eigenvalue weighted by atomic mass is 9.90. The molecule has 1 fully saturated rings. The molecule has 1 atom stereocenters. The van der Waals surface area contributed by atoms with Crippen molar-refractivity contribution < 1.29 is 9.84 Å². The molecule has 100 valence electrons. The van der Waals surface area contributed by atoms with Crippen molar-refractivity contribution in [3.05, 3.63) is 28.0 Å². The van der Waals surface area contributed by atoms with Crippen molar-refractivity contribution in [3.63, 3.8) is 0 Å². The van der Waals surface area contributed by atoms with Crippen molar-refractivity contribution in [2.75, 3.05) is 13.2 Å². The summed E-state index contributed by atoms with van der Waals surface area (Å²) < 4.78 is 6.21. The summed E-state index contributed by atoms with van der Waals surface area (Å²) in [5.74, 6) is 0.603. The van der Waals surface area contributed by atoms with Crippen LogP contribution in [0, 0.1) is 5.92 Å². The first-order valence-electron chi connectivity index (χ1n) is 6.29. The Hall–Kier alpha value is -0.490. The van der Waals surface area contributed by atoms with E-state index in [0.29, 0.717) is 5.92 Å². The smallest absolute Gasteiger partial charge is 0.0700 e. The molecule has 0 aliphatic carbocycles. The SMILES string of the molecule is NC(CC1CCOCC1)c1ncc(Br)cc1CO. The molecule has 0 aromatic carbocycles. The maximum Gasteiger partial charge on any atom is 0.0700 e. The van der Waals surface area contributed by atoms with E-state index in [9.17, 15) is 5.11 Å². The molecule has 5 heteroatoms. The normalized spacial score (nSPS) is 18.8. The molecule has 0 amide bonds. The number of ether oxygens (including phenoxy) is 1. The number of nitrogens with two attached hydrogens (primary N) is 1. The van der Waals surface area contributed by atoms with Crippen molar-refractivity contribution in [3.8, 4) is 0 Å². The minimum atomic E-state index is -0.108. The summed E-state index contributed by atoms with van der Waals surface area (Å²) in [4.78, 5) is 4.35. The standard InChI is InChI=1S/C13H19BrN2O2/c14-11-6-10(8-17)13(16-7-11)12(15)5-9-1-3-18-4-2-9/h6-7,9,12,17H,1-5,8,15H2. The summed E-state index contributed by atoms with van der Waals surface area (Å²) in [5, 5.41) is 9.36. The molecule has 0 bridgehead atoms. The summed E-state index contributed by atoms with van der Waals surface area (Å²) in [6.45, 7) is 1.64. The van der Waals surface area contributed by atoms with Crippen LogP contribution in [0.1, 0.15) is 36.6 Å². The summed E-state index contributed by atoms with van der Waals surface area (Å²) in [6, 6.07) is 1.77. The van der Waals surface area contributed by atoms with E-state index in [0.717, 1.165) is 48.2 Å². The zero-order valence-electron chi connectivity index (χ0n) is 10.3. The third-order valence-corrected chi connectivity index (χ3v) is 3.85. The van der Waals surface area contributed by atoms with Gasteiger partial charge in [-0.1, -0.05) is 0 Å². The van der Waals surface area contributed by atoms with E-state index in [1.54, 1.807) is 6.20 Å². The van der Waals surface area contributed by atoms with Crippen LogP contribution in [-0.2, 0) is 11.3 Å². The molecule has 1 saturated heterocycles. The third kappa shape index (κ3) is 3.51. The van der Waals surface area contributed by atoms with Crippen molar-refractivity contribution in [2.24, 2.45) is 11.7 Å². The van der Waals surface area contributed by atoms with Gasteiger partial charge in [-0.2, -0.15) is 0 Å². The van der Waals surface area contributed by atoms with E-state index < -0.39 is 0 Å². The van der Waals surface area contributed by atoms with Crippen molar-refractivity contribution >= 4 is 15.9 Å². The van der Waals surface area contributed by atoms with E-state index in [-0.39, 0.29) is 12.6 Å². The van der Waals surface area contributed by atoms with Crippen LogP contribution in [0.5, 0.6) is 0 Å². The van der Waals surface area contributed by atoms with Gasteiger partial charge in [0.2, 0.25) is 0 Å². The Morgan fingerprint density at radius 1 is 1.50 bits per heavy atom. The fraction of sp³-hybridized carbons (Fsp3) is 0.615. The van der Waals surface area contributed by atoms with Crippen molar-refractivity contribution in [1.82, 2.24) is 4.98 Å². The molecule has 1 aromatic heterocycles. The van der Waals surface area contributed by atoms with Crippen LogP contribution in [0.2, 0.25) is 0 Å². The molecule has 0 spiro atoms. The molecule has 2 rings (SSSR count). The summed E-state index contributed by atoms with van der Waals surface area (Å²) >= 11 is 3.35. The van der Waals surface area contributed by atoms with Gasteiger partial charge in [-0.25, -0.2) is 0 Å². The van der Waals surface area contributed by atoms with E-state index in [1.165, 1.54) is 0 Å². The minimum Gasteiger partial charge on any atom is -0.392 e. The van der Waals surface area contributed by atoms with Gasteiger partial charge in [0.05, 0.1) is 12.3 Å². The van der Waals surface area contributed by atoms with Crippen LogP contribution in [0.25, 0.3) is 0 Å². The van der Waals surface area contributed by atoms with E-state index in [2.05, 4.69) is 20.9 Å². The van der Waals surface area contributed by atoms with Crippen LogP contribution in [0.3, 0.4) is 0 Å². The molecular formula is C13H19BrN2O2. The minimum absolute atomic E-state index is 0.0246. The second-order valence-corrected chi connectivity index (χ2v) is 5.67. The zero-order chi connectivity index (χ0) is 13.0. The van der Waals surface area contributed by atoms with Crippen LogP contribution in [0.15, 0.2) is 16.7 Å². The van der Waals surface area contributed by atoms with E-state index >= 15 is 0 Å². The third-order valence-electron chi connectivity index (χ3n) is 3.42. The van der Waals surface area contributed by atoms with Gasteiger partial charge in [-0.3, -0.25) is 4.98 Å². The van der Waals surface area contributed by atoms with Gasteiger partial charge in [-0.15, -0.1) is 0 Å². The van der Waals surface area contributed by atoms with Gasteiger partial charge < -0.3 is 15.6 Å².